The van der Waals surface area contributed by atoms with Crippen molar-refractivity contribution in [1.82, 2.24) is 5.32 Å². The van der Waals surface area contributed by atoms with E-state index in [0.717, 1.165) is 23.9 Å². The van der Waals surface area contributed by atoms with Crippen LogP contribution in [-0.4, -0.2) is 13.1 Å². The number of aryl methyl sites for hydroxylation is 1. The summed E-state index contributed by atoms with van der Waals surface area (Å²) in [5, 5.41) is 4.66. The van der Waals surface area contributed by atoms with Gasteiger partial charge in [-0.15, -0.1) is 0 Å². The van der Waals surface area contributed by atoms with Gasteiger partial charge in [0, 0.05) is 5.02 Å². The molecule has 0 saturated heterocycles. The molecule has 0 aliphatic heterocycles. The summed E-state index contributed by atoms with van der Waals surface area (Å²) in [4.78, 5) is 0. The van der Waals surface area contributed by atoms with E-state index in [2.05, 4.69) is 23.5 Å². The molecule has 25 heavy (non-hydrogen) atoms. The van der Waals surface area contributed by atoms with Crippen molar-refractivity contribution >= 4 is 11.6 Å². The van der Waals surface area contributed by atoms with Gasteiger partial charge in [0.15, 0.2) is 0 Å². The highest BCUT2D eigenvalue weighted by Crippen LogP contribution is 2.36. The van der Waals surface area contributed by atoms with E-state index < -0.39 is 0 Å². The Hall–Kier alpha value is -0.530. The minimum atomic E-state index is 0.705. The number of hydrogen-bond acceptors (Lipinski definition) is 1. The zero-order chi connectivity index (χ0) is 17.3. The van der Waals surface area contributed by atoms with Crippen molar-refractivity contribution < 1.29 is 0 Å². The maximum atomic E-state index is 6.60. The van der Waals surface area contributed by atoms with Crippen LogP contribution >= 0.6 is 11.6 Å². The molecule has 0 spiro atoms. The number of hydrogen-bond donors (Lipinski definition) is 1. The van der Waals surface area contributed by atoms with Crippen LogP contribution in [0.3, 0.4) is 0 Å². The molecule has 2 heteroatoms. The monoisotopic (exact) mass is 361 g/mol. The summed E-state index contributed by atoms with van der Waals surface area (Å²) in [6.45, 7) is 2.33. The van der Waals surface area contributed by atoms with Gasteiger partial charge in [-0.05, 0) is 74.2 Å². The second kappa shape index (κ2) is 10.6. The van der Waals surface area contributed by atoms with Crippen molar-refractivity contribution in [3.05, 3.63) is 34.3 Å². The lowest BCUT2D eigenvalue weighted by molar-refractivity contribution is 0.334. The molecule has 1 aromatic rings. The Morgan fingerprint density at radius 2 is 1.60 bits per heavy atom. The normalized spacial score (nSPS) is 20.0. The zero-order valence-electron chi connectivity index (χ0n) is 15.9. The molecule has 2 aliphatic rings. The topological polar surface area (TPSA) is 12.0 Å². The first-order valence-electron chi connectivity index (χ1n) is 10.8. The summed E-state index contributed by atoms with van der Waals surface area (Å²) >= 11 is 6.60. The molecule has 140 valence electrons. The average molecular weight is 362 g/mol. The second-order valence-corrected chi connectivity index (χ2v) is 8.74. The SMILES string of the molecule is Clc1cc(CCCNCCC2CCCCC2)ccc1C1CCCCC1. The predicted octanol–water partition coefficient (Wildman–Crippen LogP) is 6.88. The number of rotatable bonds is 8. The summed E-state index contributed by atoms with van der Waals surface area (Å²) in [6, 6.07) is 6.86. The lowest BCUT2D eigenvalue weighted by Gasteiger charge is -2.23. The van der Waals surface area contributed by atoms with Gasteiger partial charge in [-0.25, -0.2) is 0 Å². The molecule has 2 aliphatic carbocycles. The molecule has 1 nitrogen and oxygen atoms in total. The van der Waals surface area contributed by atoms with E-state index in [1.54, 1.807) is 0 Å². The van der Waals surface area contributed by atoms with Crippen LogP contribution in [0.1, 0.15) is 94.1 Å². The number of benzene rings is 1. The van der Waals surface area contributed by atoms with Gasteiger partial charge in [0.1, 0.15) is 0 Å². The molecule has 0 radical (unpaired) electrons. The Balaban J connectivity index is 1.33. The van der Waals surface area contributed by atoms with E-state index in [-0.39, 0.29) is 0 Å². The predicted molar refractivity (Wildman–Crippen MR) is 110 cm³/mol. The Labute approximate surface area is 159 Å². The van der Waals surface area contributed by atoms with Crippen LogP contribution in [0, 0.1) is 5.92 Å². The molecule has 0 unspecified atom stereocenters. The van der Waals surface area contributed by atoms with Gasteiger partial charge in [-0.2, -0.15) is 0 Å². The van der Waals surface area contributed by atoms with Crippen molar-refractivity contribution in [1.29, 1.82) is 0 Å². The molecule has 0 heterocycles. The van der Waals surface area contributed by atoms with E-state index >= 15 is 0 Å². The van der Waals surface area contributed by atoms with Crippen molar-refractivity contribution in [3.63, 3.8) is 0 Å². The van der Waals surface area contributed by atoms with Crippen molar-refractivity contribution in [2.45, 2.75) is 89.4 Å². The van der Waals surface area contributed by atoms with Crippen LogP contribution in [0.2, 0.25) is 5.02 Å². The molecule has 1 aromatic carbocycles. The maximum absolute atomic E-state index is 6.60. The highest BCUT2D eigenvalue weighted by atomic mass is 35.5. The van der Waals surface area contributed by atoms with Crippen LogP contribution in [-0.2, 0) is 6.42 Å². The van der Waals surface area contributed by atoms with Crippen molar-refractivity contribution in [3.8, 4) is 0 Å². The third-order valence-corrected chi connectivity index (χ3v) is 6.71. The van der Waals surface area contributed by atoms with Crippen LogP contribution in [0.25, 0.3) is 0 Å². The van der Waals surface area contributed by atoms with Crippen LogP contribution < -0.4 is 5.32 Å². The van der Waals surface area contributed by atoms with E-state index in [1.165, 1.54) is 94.7 Å². The molecular weight excluding hydrogens is 326 g/mol. The Bertz CT molecular complexity index is 501. The first kappa shape index (κ1) is 19.2. The summed E-state index contributed by atoms with van der Waals surface area (Å²) < 4.78 is 0. The summed E-state index contributed by atoms with van der Waals surface area (Å²) in [5.74, 6) is 1.70. The fraction of sp³-hybridized carbons (Fsp3) is 0.739. The lowest BCUT2D eigenvalue weighted by atomic mass is 9.84. The molecule has 0 aromatic heterocycles. The zero-order valence-corrected chi connectivity index (χ0v) is 16.6. The molecule has 1 N–H and O–H groups in total. The molecule has 0 atom stereocenters. The van der Waals surface area contributed by atoms with E-state index in [1.807, 2.05) is 0 Å². The Kier molecular flexibility index (Phi) is 8.14. The van der Waals surface area contributed by atoms with E-state index in [9.17, 15) is 0 Å². The minimum Gasteiger partial charge on any atom is -0.317 e. The highest BCUT2D eigenvalue weighted by Gasteiger charge is 2.18. The smallest absolute Gasteiger partial charge is 0.0443 e. The maximum Gasteiger partial charge on any atom is 0.0443 e. The average Bonchev–Trinajstić information content (AvgIpc) is 2.66. The molecule has 2 fully saturated rings. The first-order chi connectivity index (χ1) is 12.3. The van der Waals surface area contributed by atoms with Crippen molar-refractivity contribution in [2.75, 3.05) is 13.1 Å². The summed E-state index contributed by atoms with van der Waals surface area (Å²) in [5.41, 5.74) is 2.80. The summed E-state index contributed by atoms with van der Waals surface area (Å²) in [7, 11) is 0. The molecule has 0 bridgehead atoms. The number of halogens is 1. The van der Waals surface area contributed by atoms with Gasteiger partial charge in [0.05, 0.1) is 0 Å². The van der Waals surface area contributed by atoms with Gasteiger partial charge < -0.3 is 5.32 Å². The van der Waals surface area contributed by atoms with Gasteiger partial charge in [0.25, 0.3) is 0 Å². The fourth-order valence-electron chi connectivity index (χ4n) is 4.80. The van der Waals surface area contributed by atoms with Gasteiger partial charge in [0.2, 0.25) is 0 Å². The second-order valence-electron chi connectivity index (χ2n) is 8.34. The van der Waals surface area contributed by atoms with E-state index in [4.69, 9.17) is 11.6 Å². The van der Waals surface area contributed by atoms with Crippen LogP contribution in [0.4, 0.5) is 0 Å². The van der Waals surface area contributed by atoms with Crippen molar-refractivity contribution in [2.24, 2.45) is 5.92 Å². The third-order valence-electron chi connectivity index (χ3n) is 6.38. The fourth-order valence-corrected chi connectivity index (χ4v) is 5.15. The van der Waals surface area contributed by atoms with Crippen LogP contribution in [0.5, 0.6) is 0 Å². The van der Waals surface area contributed by atoms with Gasteiger partial charge in [-0.1, -0.05) is 75.1 Å². The third kappa shape index (κ3) is 6.29. The van der Waals surface area contributed by atoms with Gasteiger partial charge in [-0.3, -0.25) is 0 Å². The molecular formula is C23H36ClN. The lowest BCUT2D eigenvalue weighted by Crippen LogP contribution is -2.20. The highest BCUT2D eigenvalue weighted by molar-refractivity contribution is 6.31. The molecule has 0 amide bonds. The van der Waals surface area contributed by atoms with Crippen LogP contribution in [0.15, 0.2) is 18.2 Å². The summed E-state index contributed by atoms with van der Waals surface area (Å²) in [6.07, 6.45) is 17.8. The van der Waals surface area contributed by atoms with E-state index in [0.29, 0.717) is 5.92 Å². The number of nitrogens with one attached hydrogen (secondary N) is 1. The Morgan fingerprint density at radius 1 is 0.880 bits per heavy atom. The largest absolute Gasteiger partial charge is 0.317 e. The Morgan fingerprint density at radius 3 is 2.32 bits per heavy atom. The molecule has 3 rings (SSSR count). The first-order valence-corrected chi connectivity index (χ1v) is 11.2. The quantitative estimate of drug-likeness (QED) is 0.497. The standard InChI is InChI=1S/C23H36ClN/c24-23-18-20(13-14-22(23)21-11-5-2-6-12-21)10-7-16-25-17-15-19-8-3-1-4-9-19/h13-14,18-19,21,25H,1-12,15-17H2. The molecule has 2 saturated carbocycles. The minimum absolute atomic E-state index is 0.705. The van der Waals surface area contributed by atoms with Gasteiger partial charge >= 0.3 is 0 Å².